The lowest BCUT2D eigenvalue weighted by Gasteiger charge is -2.08. The minimum absolute atomic E-state index is 0.143. The lowest BCUT2D eigenvalue weighted by atomic mass is 10.2. The smallest absolute Gasteiger partial charge is 0.319 e. The van der Waals surface area contributed by atoms with Gasteiger partial charge in [-0.25, -0.2) is 9.78 Å². The summed E-state index contributed by atoms with van der Waals surface area (Å²) in [6.07, 6.45) is 5.75. The van der Waals surface area contributed by atoms with E-state index in [2.05, 4.69) is 25.9 Å². The largest absolute Gasteiger partial charge is 0.335 e. The first kappa shape index (κ1) is 18.1. The van der Waals surface area contributed by atoms with E-state index in [0.717, 1.165) is 29.1 Å². The van der Waals surface area contributed by atoms with Crippen LogP contribution in [0.2, 0.25) is 0 Å². The topological polar surface area (TPSA) is 96.0 Å². The average Bonchev–Trinajstić information content (AvgIpc) is 3.38. The number of amides is 3. The van der Waals surface area contributed by atoms with Gasteiger partial charge in [-0.2, -0.15) is 0 Å². The molecule has 3 aromatic rings. The van der Waals surface area contributed by atoms with Crippen LogP contribution in [0.25, 0.3) is 10.6 Å². The highest BCUT2D eigenvalue weighted by Gasteiger charge is 2.23. The fourth-order valence-corrected chi connectivity index (χ4v) is 3.41. The zero-order chi connectivity index (χ0) is 19.3. The van der Waals surface area contributed by atoms with Crippen LogP contribution < -0.4 is 16.0 Å². The minimum Gasteiger partial charge on any atom is -0.335 e. The highest BCUT2D eigenvalue weighted by molar-refractivity contribution is 7.13. The van der Waals surface area contributed by atoms with Crippen LogP contribution >= 0.6 is 11.3 Å². The van der Waals surface area contributed by atoms with Crippen LogP contribution in [0.5, 0.6) is 0 Å². The summed E-state index contributed by atoms with van der Waals surface area (Å²) in [6.45, 7) is 0. The number of nitrogens with zero attached hydrogens (tertiary/aromatic N) is 2. The van der Waals surface area contributed by atoms with E-state index in [-0.39, 0.29) is 18.4 Å². The number of hydrogen-bond acceptors (Lipinski definition) is 5. The van der Waals surface area contributed by atoms with Gasteiger partial charge >= 0.3 is 6.03 Å². The molecule has 2 heterocycles. The van der Waals surface area contributed by atoms with E-state index in [1.165, 1.54) is 11.3 Å². The summed E-state index contributed by atoms with van der Waals surface area (Å²) >= 11 is 1.49. The zero-order valence-corrected chi connectivity index (χ0v) is 15.8. The highest BCUT2D eigenvalue weighted by Crippen LogP contribution is 2.23. The predicted molar refractivity (Wildman–Crippen MR) is 109 cm³/mol. The van der Waals surface area contributed by atoms with Crippen LogP contribution in [-0.2, 0) is 11.2 Å². The summed E-state index contributed by atoms with van der Waals surface area (Å²) in [6, 6.07) is 10.9. The second-order valence-corrected chi connectivity index (χ2v) is 7.42. The van der Waals surface area contributed by atoms with E-state index in [9.17, 15) is 9.59 Å². The number of urea groups is 1. The SMILES string of the molecule is O=C(Cc1csc(-c2cccnc2)n1)Nc1ccc(NC(=O)NC2CC2)cc1. The third kappa shape index (κ3) is 4.92. The van der Waals surface area contributed by atoms with Gasteiger partial charge in [-0.15, -0.1) is 11.3 Å². The molecule has 0 spiro atoms. The normalized spacial score (nSPS) is 13.0. The van der Waals surface area contributed by atoms with Crippen molar-refractivity contribution in [1.29, 1.82) is 0 Å². The third-order valence-corrected chi connectivity index (χ3v) is 5.08. The number of rotatable bonds is 6. The lowest BCUT2D eigenvalue weighted by molar-refractivity contribution is -0.115. The lowest BCUT2D eigenvalue weighted by Crippen LogP contribution is -2.30. The van der Waals surface area contributed by atoms with E-state index in [4.69, 9.17) is 0 Å². The Balaban J connectivity index is 1.30. The van der Waals surface area contributed by atoms with Crippen molar-refractivity contribution in [3.05, 3.63) is 59.9 Å². The summed E-state index contributed by atoms with van der Waals surface area (Å²) in [4.78, 5) is 32.6. The first-order valence-corrected chi connectivity index (χ1v) is 9.86. The molecule has 1 saturated carbocycles. The van der Waals surface area contributed by atoms with Gasteiger partial charge in [-0.05, 0) is 49.2 Å². The van der Waals surface area contributed by atoms with Gasteiger partial charge in [0.1, 0.15) is 5.01 Å². The van der Waals surface area contributed by atoms with Gasteiger partial charge in [0.25, 0.3) is 0 Å². The summed E-state index contributed by atoms with van der Waals surface area (Å²) < 4.78 is 0. The molecule has 1 aromatic carbocycles. The molecule has 0 radical (unpaired) electrons. The van der Waals surface area contributed by atoms with E-state index >= 15 is 0 Å². The monoisotopic (exact) mass is 393 g/mol. The second kappa shape index (κ2) is 8.18. The van der Waals surface area contributed by atoms with Crippen LogP contribution in [0.4, 0.5) is 16.2 Å². The van der Waals surface area contributed by atoms with Crippen molar-refractivity contribution in [2.45, 2.75) is 25.3 Å². The Labute approximate surface area is 166 Å². The first-order chi connectivity index (χ1) is 13.7. The predicted octanol–water partition coefficient (Wildman–Crippen LogP) is 3.67. The van der Waals surface area contributed by atoms with E-state index < -0.39 is 0 Å². The Bertz CT molecular complexity index is 968. The van der Waals surface area contributed by atoms with Crippen molar-refractivity contribution in [2.75, 3.05) is 10.6 Å². The zero-order valence-electron chi connectivity index (χ0n) is 15.0. The summed E-state index contributed by atoms with van der Waals surface area (Å²) in [5, 5.41) is 11.2. The van der Waals surface area contributed by atoms with Crippen LogP contribution in [0, 0.1) is 0 Å². The molecular weight excluding hydrogens is 374 g/mol. The molecule has 1 aliphatic carbocycles. The van der Waals surface area contributed by atoms with E-state index in [0.29, 0.717) is 17.4 Å². The molecule has 2 aromatic heterocycles. The van der Waals surface area contributed by atoms with Crippen LogP contribution in [0.3, 0.4) is 0 Å². The van der Waals surface area contributed by atoms with Crippen LogP contribution in [-0.4, -0.2) is 27.9 Å². The molecule has 142 valence electrons. The number of nitrogens with one attached hydrogen (secondary N) is 3. The minimum atomic E-state index is -0.202. The second-order valence-electron chi connectivity index (χ2n) is 6.56. The number of hydrogen-bond donors (Lipinski definition) is 3. The maximum Gasteiger partial charge on any atom is 0.319 e. The van der Waals surface area contributed by atoms with Gasteiger partial charge in [0.05, 0.1) is 12.1 Å². The molecule has 28 heavy (non-hydrogen) atoms. The van der Waals surface area contributed by atoms with Crippen molar-refractivity contribution < 1.29 is 9.59 Å². The summed E-state index contributed by atoms with van der Waals surface area (Å²) in [7, 11) is 0. The number of pyridine rings is 1. The quantitative estimate of drug-likeness (QED) is 0.595. The summed E-state index contributed by atoms with van der Waals surface area (Å²) in [5.41, 5.74) is 3.00. The Morgan fingerprint density at radius 3 is 2.50 bits per heavy atom. The molecule has 1 fully saturated rings. The Morgan fingerprint density at radius 1 is 1.07 bits per heavy atom. The molecule has 4 rings (SSSR count). The van der Waals surface area contributed by atoms with Crippen molar-refractivity contribution in [3.63, 3.8) is 0 Å². The molecule has 8 heteroatoms. The van der Waals surface area contributed by atoms with Gasteiger partial charge in [0.2, 0.25) is 5.91 Å². The molecule has 0 saturated heterocycles. The first-order valence-electron chi connectivity index (χ1n) is 8.98. The van der Waals surface area contributed by atoms with Crippen LogP contribution in [0.1, 0.15) is 18.5 Å². The molecule has 3 amide bonds. The van der Waals surface area contributed by atoms with Gasteiger partial charge in [0, 0.05) is 40.8 Å². The van der Waals surface area contributed by atoms with Gasteiger partial charge in [0.15, 0.2) is 0 Å². The standard InChI is InChI=1S/C20H19N5O2S/c26-18(10-17-12-28-19(23-17)13-2-1-9-21-11-13)22-14-3-5-15(6-4-14)24-20(27)25-16-7-8-16/h1-6,9,11-12,16H,7-8,10H2,(H,22,26)(H2,24,25,27). The molecule has 3 N–H and O–H groups in total. The number of carbonyl (C=O) groups is 2. The van der Waals surface area contributed by atoms with E-state index in [1.54, 1.807) is 36.7 Å². The van der Waals surface area contributed by atoms with Gasteiger partial charge < -0.3 is 16.0 Å². The van der Waals surface area contributed by atoms with Crippen molar-refractivity contribution >= 4 is 34.6 Å². The Morgan fingerprint density at radius 2 is 1.82 bits per heavy atom. The average molecular weight is 393 g/mol. The number of carbonyl (C=O) groups excluding carboxylic acids is 2. The maximum atomic E-state index is 12.3. The Hall–Kier alpha value is -3.26. The molecule has 1 aliphatic rings. The maximum absolute atomic E-state index is 12.3. The molecule has 0 unspecified atom stereocenters. The number of anilines is 2. The molecule has 0 bridgehead atoms. The van der Waals surface area contributed by atoms with Gasteiger partial charge in [-0.1, -0.05) is 0 Å². The molecule has 7 nitrogen and oxygen atoms in total. The third-order valence-electron chi connectivity index (χ3n) is 4.14. The summed E-state index contributed by atoms with van der Waals surface area (Å²) in [5.74, 6) is -0.143. The fourth-order valence-electron chi connectivity index (χ4n) is 2.60. The van der Waals surface area contributed by atoms with E-state index in [1.807, 2.05) is 17.5 Å². The number of benzene rings is 1. The fraction of sp³-hybridized carbons (Fsp3) is 0.200. The van der Waals surface area contributed by atoms with Crippen molar-refractivity contribution in [2.24, 2.45) is 0 Å². The molecular formula is C20H19N5O2S. The molecule has 0 aliphatic heterocycles. The Kier molecular flexibility index (Phi) is 5.29. The van der Waals surface area contributed by atoms with Crippen LogP contribution in [0.15, 0.2) is 54.2 Å². The number of aromatic nitrogens is 2. The highest BCUT2D eigenvalue weighted by atomic mass is 32.1. The van der Waals surface area contributed by atoms with Crippen molar-refractivity contribution in [3.8, 4) is 10.6 Å². The molecule has 0 atom stereocenters. The van der Waals surface area contributed by atoms with Gasteiger partial charge in [-0.3, -0.25) is 9.78 Å². The van der Waals surface area contributed by atoms with Crippen molar-refractivity contribution in [1.82, 2.24) is 15.3 Å². The number of thiazole rings is 1.